The van der Waals surface area contributed by atoms with E-state index in [0.717, 1.165) is 74.5 Å². The molecule has 0 bridgehead atoms. The van der Waals surface area contributed by atoms with Gasteiger partial charge in [0.2, 0.25) is 5.91 Å². The van der Waals surface area contributed by atoms with E-state index in [1.165, 1.54) is 0 Å². The van der Waals surface area contributed by atoms with Crippen molar-refractivity contribution in [3.8, 4) is 0 Å². The monoisotopic (exact) mass is 409 g/mol. The van der Waals surface area contributed by atoms with Crippen molar-refractivity contribution in [2.45, 2.75) is 45.1 Å². The van der Waals surface area contributed by atoms with Crippen molar-refractivity contribution >= 4 is 23.2 Å². The number of nitrogens with one attached hydrogen (secondary N) is 2. The highest BCUT2D eigenvalue weighted by atomic mass is 16.3. The van der Waals surface area contributed by atoms with Gasteiger partial charge in [0.15, 0.2) is 0 Å². The fraction of sp³-hybridized carbons (Fsp3) is 0.522. The summed E-state index contributed by atoms with van der Waals surface area (Å²) in [6, 6.07) is 9.92. The average molecular weight is 410 g/mol. The highest BCUT2D eigenvalue weighted by Crippen LogP contribution is 2.26. The van der Waals surface area contributed by atoms with E-state index < -0.39 is 0 Å². The minimum absolute atomic E-state index is 0.140. The molecule has 3 N–H and O–H groups in total. The van der Waals surface area contributed by atoms with Crippen LogP contribution in [0.25, 0.3) is 0 Å². The van der Waals surface area contributed by atoms with Gasteiger partial charge in [-0.05, 0) is 49.3 Å². The van der Waals surface area contributed by atoms with Crippen LogP contribution >= 0.6 is 0 Å². The normalized spacial score (nSPS) is 19.6. The van der Waals surface area contributed by atoms with Crippen LogP contribution in [0.5, 0.6) is 0 Å². The molecule has 2 heterocycles. The van der Waals surface area contributed by atoms with Crippen LogP contribution in [0.1, 0.15) is 44.1 Å². The van der Waals surface area contributed by atoms with Gasteiger partial charge in [0.1, 0.15) is 18.0 Å². The van der Waals surface area contributed by atoms with E-state index in [1.807, 2.05) is 30.3 Å². The summed E-state index contributed by atoms with van der Waals surface area (Å²) in [6.45, 7) is 2.62. The molecule has 1 atom stereocenters. The highest BCUT2D eigenvalue weighted by Gasteiger charge is 2.23. The van der Waals surface area contributed by atoms with Gasteiger partial charge in [-0.1, -0.05) is 25.0 Å². The van der Waals surface area contributed by atoms with Crippen LogP contribution in [-0.4, -0.2) is 40.7 Å². The van der Waals surface area contributed by atoms with Gasteiger partial charge >= 0.3 is 0 Å². The van der Waals surface area contributed by atoms with Gasteiger partial charge < -0.3 is 20.6 Å². The number of piperidine rings is 1. The number of benzene rings is 1. The van der Waals surface area contributed by atoms with Gasteiger partial charge in [-0.25, -0.2) is 9.97 Å². The summed E-state index contributed by atoms with van der Waals surface area (Å²) in [5.41, 5.74) is 1.93. The van der Waals surface area contributed by atoms with Crippen molar-refractivity contribution in [2.24, 2.45) is 11.8 Å². The molecule has 1 amide bonds. The van der Waals surface area contributed by atoms with E-state index in [4.69, 9.17) is 0 Å². The Kier molecular flexibility index (Phi) is 6.79. The molecule has 7 nitrogen and oxygen atoms in total. The average Bonchev–Trinajstić information content (AvgIpc) is 3.33. The summed E-state index contributed by atoms with van der Waals surface area (Å²) < 4.78 is 0. The standard InChI is InChI=1S/C23H31N5O2/c29-15-18-6-4-10-28(14-18)22-12-21(25-16-26-22)24-13-17-5-3-9-20(11-17)27-23(30)19-7-1-2-8-19/h3,5,9,11-12,16,18-19,29H,1-2,4,6-8,10,13-15H2,(H,27,30)(H,24,25,26). The number of rotatable bonds is 7. The molecule has 1 aliphatic heterocycles. The fourth-order valence-electron chi connectivity index (χ4n) is 4.42. The predicted molar refractivity (Wildman–Crippen MR) is 118 cm³/mol. The van der Waals surface area contributed by atoms with Crippen LogP contribution in [0.2, 0.25) is 0 Å². The number of amides is 1. The molecule has 1 aliphatic carbocycles. The summed E-state index contributed by atoms with van der Waals surface area (Å²) in [7, 11) is 0. The van der Waals surface area contributed by atoms with Crippen LogP contribution in [0, 0.1) is 11.8 Å². The molecular weight excluding hydrogens is 378 g/mol. The number of hydrogen-bond donors (Lipinski definition) is 3. The first-order valence-corrected chi connectivity index (χ1v) is 11.0. The van der Waals surface area contributed by atoms with E-state index >= 15 is 0 Å². The number of aliphatic hydroxyl groups is 1. The lowest BCUT2D eigenvalue weighted by Crippen LogP contribution is -2.37. The van der Waals surface area contributed by atoms with Crippen molar-refractivity contribution in [3.05, 3.63) is 42.2 Å². The first kappa shape index (κ1) is 20.6. The van der Waals surface area contributed by atoms with Crippen molar-refractivity contribution in [1.82, 2.24) is 9.97 Å². The maximum atomic E-state index is 12.4. The molecule has 1 saturated heterocycles. The molecule has 1 saturated carbocycles. The molecule has 0 radical (unpaired) electrons. The summed E-state index contributed by atoms with van der Waals surface area (Å²) in [4.78, 5) is 23.4. The quantitative estimate of drug-likeness (QED) is 0.649. The van der Waals surface area contributed by atoms with Gasteiger partial charge in [-0.2, -0.15) is 0 Å². The van der Waals surface area contributed by atoms with Crippen LogP contribution in [0.3, 0.4) is 0 Å². The molecule has 1 unspecified atom stereocenters. The second kappa shape index (κ2) is 9.89. The Hall–Kier alpha value is -2.67. The van der Waals surface area contributed by atoms with Gasteiger partial charge in [-0.15, -0.1) is 0 Å². The van der Waals surface area contributed by atoms with Crippen molar-refractivity contribution in [2.75, 3.05) is 35.2 Å². The maximum absolute atomic E-state index is 12.4. The number of aromatic nitrogens is 2. The third-order valence-corrected chi connectivity index (χ3v) is 6.15. The van der Waals surface area contributed by atoms with Crippen LogP contribution < -0.4 is 15.5 Å². The lowest BCUT2D eigenvalue weighted by atomic mass is 9.99. The van der Waals surface area contributed by atoms with Gasteiger partial charge in [0.05, 0.1) is 0 Å². The van der Waals surface area contributed by atoms with Crippen molar-refractivity contribution < 1.29 is 9.90 Å². The fourth-order valence-corrected chi connectivity index (χ4v) is 4.42. The van der Waals surface area contributed by atoms with E-state index in [-0.39, 0.29) is 18.4 Å². The molecule has 4 rings (SSSR count). The molecule has 0 spiro atoms. The Morgan fingerprint density at radius 3 is 2.83 bits per heavy atom. The van der Waals surface area contributed by atoms with Gasteiger partial charge in [0.25, 0.3) is 0 Å². The zero-order chi connectivity index (χ0) is 20.8. The Bertz CT molecular complexity index is 853. The number of hydrogen-bond acceptors (Lipinski definition) is 6. The second-order valence-electron chi connectivity index (χ2n) is 8.42. The summed E-state index contributed by atoms with van der Waals surface area (Å²) in [5.74, 6) is 2.27. The molecule has 1 aromatic carbocycles. The van der Waals surface area contributed by atoms with Crippen LogP contribution in [0.4, 0.5) is 17.3 Å². The third-order valence-electron chi connectivity index (χ3n) is 6.15. The SMILES string of the molecule is O=C(Nc1cccc(CNc2cc(N3CCCC(CO)C3)ncn2)c1)C1CCCC1. The third kappa shape index (κ3) is 5.27. The second-order valence-corrected chi connectivity index (χ2v) is 8.42. The Labute approximate surface area is 177 Å². The molecule has 2 aliphatic rings. The predicted octanol–water partition coefficient (Wildman–Crippen LogP) is 3.43. The molecule has 7 heteroatoms. The highest BCUT2D eigenvalue weighted by molar-refractivity contribution is 5.92. The van der Waals surface area contributed by atoms with E-state index in [9.17, 15) is 9.90 Å². The zero-order valence-corrected chi connectivity index (χ0v) is 17.4. The maximum Gasteiger partial charge on any atom is 0.227 e. The lowest BCUT2D eigenvalue weighted by Gasteiger charge is -2.32. The molecule has 1 aromatic heterocycles. The van der Waals surface area contributed by atoms with Gasteiger partial charge in [-0.3, -0.25) is 4.79 Å². The Balaban J connectivity index is 1.35. The molecule has 2 aromatic rings. The van der Waals surface area contributed by atoms with Crippen molar-refractivity contribution in [1.29, 1.82) is 0 Å². The molecular formula is C23H31N5O2. The number of carbonyl (C=O) groups excluding carboxylic acids is 1. The van der Waals surface area contributed by atoms with E-state index in [0.29, 0.717) is 12.5 Å². The topological polar surface area (TPSA) is 90.4 Å². The van der Waals surface area contributed by atoms with E-state index in [1.54, 1.807) is 6.33 Å². The smallest absolute Gasteiger partial charge is 0.227 e. The van der Waals surface area contributed by atoms with E-state index in [2.05, 4.69) is 25.5 Å². The molecule has 30 heavy (non-hydrogen) atoms. The minimum Gasteiger partial charge on any atom is -0.396 e. The Morgan fingerprint density at radius 2 is 2.00 bits per heavy atom. The number of anilines is 3. The van der Waals surface area contributed by atoms with Crippen LogP contribution in [0.15, 0.2) is 36.7 Å². The summed E-state index contributed by atoms with van der Waals surface area (Å²) in [6.07, 6.45) is 8.02. The first-order valence-electron chi connectivity index (χ1n) is 11.0. The zero-order valence-electron chi connectivity index (χ0n) is 17.4. The minimum atomic E-state index is 0.140. The summed E-state index contributed by atoms with van der Waals surface area (Å²) in [5, 5.41) is 15.9. The summed E-state index contributed by atoms with van der Waals surface area (Å²) >= 11 is 0. The van der Waals surface area contributed by atoms with Crippen LogP contribution in [-0.2, 0) is 11.3 Å². The molecule has 160 valence electrons. The first-order chi connectivity index (χ1) is 14.7. The largest absolute Gasteiger partial charge is 0.396 e. The number of aliphatic hydroxyl groups excluding tert-OH is 1. The lowest BCUT2D eigenvalue weighted by molar-refractivity contribution is -0.119. The molecule has 2 fully saturated rings. The van der Waals surface area contributed by atoms with Crippen molar-refractivity contribution in [3.63, 3.8) is 0 Å². The number of carbonyl (C=O) groups is 1. The Morgan fingerprint density at radius 1 is 1.13 bits per heavy atom. The van der Waals surface area contributed by atoms with Gasteiger partial charge in [0, 0.05) is 43.9 Å². The number of nitrogens with zero attached hydrogens (tertiary/aromatic N) is 3.